The molecule has 1 rings (SSSR count). The van der Waals surface area contributed by atoms with Gasteiger partial charge in [0.25, 0.3) is 5.91 Å². The molecular formula is C7H7N3O2. The molecule has 0 bridgehead atoms. The quantitative estimate of drug-likeness (QED) is 0.449. The number of hydrogen-bond donors (Lipinski definition) is 0. The summed E-state index contributed by atoms with van der Waals surface area (Å²) in [5.41, 5.74) is 0.150. The molecule has 12 heavy (non-hydrogen) atoms. The van der Waals surface area contributed by atoms with Crippen molar-refractivity contribution in [1.29, 1.82) is 5.26 Å². The second-order valence-corrected chi connectivity index (χ2v) is 2.22. The number of amides is 1. The maximum atomic E-state index is 11.2. The van der Waals surface area contributed by atoms with E-state index in [2.05, 4.69) is 4.98 Å². The van der Waals surface area contributed by atoms with Crippen LogP contribution in [0.5, 0.6) is 0 Å². The van der Waals surface area contributed by atoms with Crippen molar-refractivity contribution in [3.63, 3.8) is 0 Å². The van der Waals surface area contributed by atoms with Crippen molar-refractivity contribution in [3.05, 3.63) is 17.8 Å². The molecule has 1 heterocycles. The van der Waals surface area contributed by atoms with Crippen LogP contribution >= 0.6 is 0 Å². The molecule has 0 unspecified atom stereocenters. The average molecular weight is 165 g/mol. The minimum atomic E-state index is -0.464. The van der Waals surface area contributed by atoms with Crippen LogP contribution in [-0.2, 0) is 0 Å². The van der Waals surface area contributed by atoms with Gasteiger partial charge in [0.2, 0.25) is 0 Å². The second-order valence-electron chi connectivity index (χ2n) is 2.22. The van der Waals surface area contributed by atoms with Crippen molar-refractivity contribution in [2.45, 2.75) is 6.92 Å². The molecule has 0 fully saturated rings. The van der Waals surface area contributed by atoms with E-state index >= 15 is 0 Å². The molecule has 1 amide bonds. The van der Waals surface area contributed by atoms with Gasteiger partial charge in [-0.1, -0.05) is 0 Å². The monoisotopic (exact) mass is 165 g/mol. The van der Waals surface area contributed by atoms with Crippen molar-refractivity contribution in [1.82, 2.24) is 9.88 Å². The fraction of sp³-hybridized carbons (Fsp3) is 0.286. The predicted molar refractivity (Wildman–Crippen MR) is 38.9 cm³/mol. The van der Waals surface area contributed by atoms with Gasteiger partial charge in [-0.2, -0.15) is 5.26 Å². The highest BCUT2D eigenvalue weighted by atomic mass is 16.3. The van der Waals surface area contributed by atoms with Gasteiger partial charge in [0.15, 0.2) is 17.8 Å². The van der Waals surface area contributed by atoms with Crippen LogP contribution in [0.1, 0.15) is 16.4 Å². The summed E-state index contributed by atoms with van der Waals surface area (Å²) in [5.74, 6) is -0.0564. The molecule has 5 nitrogen and oxygen atoms in total. The Bertz CT molecular complexity index is 337. The molecule has 0 aliphatic rings. The van der Waals surface area contributed by atoms with E-state index in [-0.39, 0.29) is 5.69 Å². The van der Waals surface area contributed by atoms with E-state index in [0.717, 1.165) is 4.90 Å². The molecule has 1 aromatic rings. The molecule has 0 N–H and O–H groups in total. The first kappa shape index (κ1) is 8.27. The second kappa shape index (κ2) is 3.05. The maximum Gasteiger partial charge on any atom is 0.288 e. The summed E-state index contributed by atoms with van der Waals surface area (Å²) in [4.78, 5) is 15.8. The van der Waals surface area contributed by atoms with Crippen molar-refractivity contribution >= 4 is 5.91 Å². The summed E-state index contributed by atoms with van der Waals surface area (Å²) in [5, 5.41) is 8.37. The molecule has 0 aromatic carbocycles. The van der Waals surface area contributed by atoms with Crippen LogP contribution in [-0.4, -0.2) is 22.8 Å². The summed E-state index contributed by atoms with van der Waals surface area (Å²) in [6, 6.07) is 0. The van der Waals surface area contributed by atoms with Gasteiger partial charge in [0.1, 0.15) is 6.26 Å². The first-order valence-electron chi connectivity index (χ1n) is 3.25. The summed E-state index contributed by atoms with van der Waals surface area (Å²) >= 11 is 0. The van der Waals surface area contributed by atoms with E-state index in [9.17, 15) is 4.79 Å². The summed E-state index contributed by atoms with van der Waals surface area (Å²) in [7, 11) is 1.37. The standard InChI is InChI=1S/C7H7N3O2/c1-5-9-6(3-12-5)7(11)10(2)4-8/h3H,1-2H3. The van der Waals surface area contributed by atoms with Gasteiger partial charge in [-0.3, -0.25) is 4.79 Å². The molecular weight excluding hydrogens is 158 g/mol. The number of carbonyl (C=O) groups excluding carboxylic acids is 1. The van der Waals surface area contributed by atoms with E-state index in [0.29, 0.717) is 5.89 Å². The summed E-state index contributed by atoms with van der Waals surface area (Å²) in [6.07, 6.45) is 2.90. The number of aryl methyl sites for hydroxylation is 1. The SMILES string of the molecule is Cc1nc(C(=O)N(C)C#N)co1. The largest absolute Gasteiger partial charge is 0.448 e. The Labute approximate surface area is 69.2 Å². The Kier molecular flexibility index (Phi) is 2.10. The van der Waals surface area contributed by atoms with E-state index in [1.54, 1.807) is 13.1 Å². The fourth-order valence-corrected chi connectivity index (χ4v) is 0.679. The zero-order chi connectivity index (χ0) is 9.14. The lowest BCUT2D eigenvalue weighted by Gasteiger charge is -2.01. The molecule has 0 aliphatic carbocycles. The summed E-state index contributed by atoms with van der Waals surface area (Å²) < 4.78 is 4.81. The van der Waals surface area contributed by atoms with Gasteiger partial charge in [-0.25, -0.2) is 9.88 Å². The number of carbonyl (C=O) groups is 1. The normalized spacial score (nSPS) is 9.08. The molecule has 0 saturated heterocycles. The van der Waals surface area contributed by atoms with Crippen molar-refractivity contribution in [3.8, 4) is 6.19 Å². The Morgan fingerprint density at radius 2 is 2.50 bits per heavy atom. The highest BCUT2D eigenvalue weighted by molar-refractivity contribution is 5.92. The van der Waals surface area contributed by atoms with Crippen LogP contribution in [0.25, 0.3) is 0 Å². The van der Waals surface area contributed by atoms with Crippen LogP contribution in [0.4, 0.5) is 0 Å². The molecule has 0 aliphatic heterocycles. The third-order valence-electron chi connectivity index (χ3n) is 1.29. The molecule has 0 radical (unpaired) electrons. The Morgan fingerprint density at radius 1 is 1.83 bits per heavy atom. The molecule has 1 aromatic heterocycles. The summed E-state index contributed by atoms with van der Waals surface area (Å²) in [6.45, 7) is 1.63. The zero-order valence-corrected chi connectivity index (χ0v) is 6.74. The van der Waals surface area contributed by atoms with Gasteiger partial charge in [-0.15, -0.1) is 0 Å². The van der Waals surface area contributed by atoms with Crippen LogP contribution in [0.3, 0.4) is 0 Å². The Balaban J connectivity index is 2.87. The fourth-order valence-electron chi connectivity index (χ4n) is 0.679. The Morgan fingerprint density at radius 3 is 2.92 bits per heavy atom. The molecule has 62 valence electrons. The molecule has 0 spiro atoms. The number of aromatic nitrogens is 1. The molecule has 0 saturated carbocycles. The lowest BCUT2D eigenvalue weighted by molar-refractivity contribution is 0.0853. The first-order valence-corrected chi connectivity index (χ1v) is 3.25. The van der Waals surface area contributed by atoms with E-state index in [4.69, 9.17) is 9.68 Å². The van der Waals surface area contributed by atoms with Crippen LogP contribution in [0.15, 0.2) is 10.7 Å². The minimum Gasteiger partial charge on any atom is -0.448 e. The highest BCUT2D eigenvalue weighted by Crippen LogP contribution is 2.02. The van der Waals surface area contributed by atoms with Gasteiger partial charge in [0.05, 0.1) is 0 Å². The van der Waals surface area contributed by atoms with Crippen molar-refractivity contribution < 1.29 is 9.21 Å². The van der Waals surface area contributed by atoms with Crippen LogP contribution in [0.2, 0.25) is 0 Å². The third kappa shape index (κ3) is 1.42. The van der Waals surface area contributed by atoms with Gasteiger partial charge >= 0.3 is 0 Å². The minimum absolute atomic E-state index is 0.150. The van der Waals surface area contributed by atoms with E-state index in [1.165, 1.54) is 13.3 Å². The number of nitriles is 1. The Hall–Kier alpha value is -1.83. The number of oxazole rings is 1. The third-order valence-corrected chi connectivity index (χ3v) is 1.29. The van der Waals surface area contributed by atoms with Gasteiger partial charge in [-0.05, 0) is 0 Å². The highest BCUT2D eigenvalue weighted by Gasteiger charge is 2.14. The van der Waals surface area contributed by atoms with Crippen LogP contribution < -0.4 is 0 Å². The first-order chi connectivity index (χ1) is 5.65. The topological polar surface area (TPSA) is 70.1 Å². The lowest BCUT2D eigenvalue weighted by Crippen LogP contribution is -2.21. The lowest BCUT2D eigenvalue weighted by atomic mass is 10.4. The van der Waals surface area contributed by atoms with E-state index in [1.807, 2.05) is 0 Å². The predicted octanol–water partition coefficient (Wildman–Crippen LogP) is 0.536. The number of rotatable bonds is 1. The van der Waals surface area contributed by atoms with Gasteiger partial charge in [0, 0.05) is 14.0 Å². The molecule has 5 heteroatoms. The van der Waals surface area contributed by atoms with Crippen LogP contribution in [0, 0.1) is 18.4 Å². The van der Waals surface area contributed by atoms with Crippen molar-refractivity contribution in [2.24, 2.45) is 0 Å². The average Bonchev–Trinajstić information content (AvgIpc) is 2.49. The smallest absolute Gasteiger partial charge is 0.288 e. The number of nitrogens with zero attached hydrogens (tertiary/aromatic N) is 3. The van der Waals surface area contributed by atoms with Gasteiger partial charge < -0.3 is 4.42 Å². The van der Waals surface area contributed by atoms with Crippen molar-refractivity contribution in [2.75, 3.05) is 7.05 Å². The van der Waals surface area contributed by atoms with E-state index < -0.39 is 5.91 Å². The molecule has 0 atom stereocenters. The maximum absolute atomic E-state index is 11.2. The number of hydrogen-bond acceptors (Lipinski definition) is 4. The zero-order valence-electron chi connectivity index (χ0n) is 6.74.